The molecule has 0 unspecified atom stereocenters. The van der Waals surface area contributed by atoms with Gasteiger partial charge in [0.25, 0.3) is 5.91 Å². The van der Waals surface area contributed by atoms with Gasteiger partial charge in [0.05, 0.1) is 35.8 Å². The SMILES string of the molecule is COc1ncc2c(N3C[C@H](C)N[C@@H](C)C3)ccc(C(=O)Nc3cnc(C)nc3C)c2n1. The number of hydrogen-bond donors (Lipinski definition) is 2. The van der Waals surface area contributed by atoms with Crippen LogP contribution in [0.1, 0.15) is 35.7 Å². The molecule has 31 heavy (non-hydrogen) atoms. The third-order valence-electron chi connectivity index (χ3n) is 5.38. The maximum absolute atomic E-state index is 13.2. The molecule has 1 saturated heterocycles. The normalized spacial score (nSPS) is 18.8. The Labute approximate surface area is 181 Å². The van der Waals surface area contributed by atoms with Gasteiger partial charge in [-0.2, -0.15) is 4.98 Å². The Morgan fingerprint density at radius 3 is 2.55 bits per heavy atom. The lowest BCUT2D eigenvalue weighted by Gasteiger charge is -2.38. The summed E-state index contributed by atoms with van der Waals surface area (Å²) in [6.07, 6.45) is 3.34. The Balaban J connectivity index is 1.76. The number of carbonyl (C=O) groups is 1. The molecule has 3 aromatic rings. The van der Waals surface area contributed by atoms with Gasteiger partial charge in [-0.25, -0.2) is 15.0 Å². The van der Waals surface area contributed by atoms with Crippen LogP contribution < -0.4 is 20.3 Å². The van der Waals surface area contributed by atoms with Crippen molar-refractivity contribution in [3.8, 4) is 6.01 Å². The standard InChI is InChI=1S/C22H27N7O2/c1-12-10-29(11-13(2)25-12)19-7-6-16(20-17(19)8-24-22(28-20)31-5)21(30)27-18-9-23-15(4)26-14(18)3/h6-9,12-13,25H,10-11H2,1-5H3,(H,27,30)/t12-,13-/m0/s1. The summed E-state index contributed by atoms with van der Waals surface area (Å²) in [6.45, 7) is 9.69. The zero-order chi connectivity index (χ0) is 22.1. The van der Waals surface area contributed by atoms with Crippen molar-refractivity contribution < 1.29 is 9.53 Å². The minimum Gasteiger partial charge on any atom is -0.467 e. The molecule has 2 N–H and O–H groups in total. The first kappa shape index (κ1) is 20.9. The van der Waals surface area contributed by atoms with Crippen molar-refractivity contribution in [3.05, 3.63) is 41.6 Å². The third-order valence-corrected chi connectivity index (χ3v) is 5.38. The van der Waals surface area contributed by atoms with Crippen LogP contribution in [0.3, 0.4) is 0 Å². The maximum Gasteiger partial charge on any atom is 0.316 e. The van der Waals surface area contributed by atoms with E-state index in [0.717, 1.165) is 24.2 Å². The number of ether oxygens (including phenoxy) is 1. The van der Waals surface area contributed by atoms with Crippen molar-refractivity contribution >= 4 is 28.2 Å². The van der Waals surface area contributed by atoms with Crippen molar-refractivity contribution in [3.63, 3.8) is 0 Å². The molecule has 0 radical (unpaired) electrons. The molecule has 2 aromatic heterocycles. The highest BCUT2D eigenvalue weighted by Crippen LogP contribution is 2.31. The van der Waals surface area contributed by atoms with Gasteiger partial charge < -0.3 is 20.3 Å². The number of aryl methyl sites for hydroxylation is 2. The average molecular weight is 422 g/mol. The van der Waals surface area contributed by atoms with E-state index in [-0.39, 0.29) is 11.9 Å². The Morgan fingerprint density at radius 2 is 1.87 bits per heavy atom. The van der Waals surface area contributed by atoms with E-state index < -0.39 is 0 Å². The molecule has 162 valence electrons. The molecule has 0 bridgehead atoms. The lowest BCUT2D eigenvalue weighted by Crippen LogP contribution is -2.54. The molecule has 3 heterocycles. The largest absolute Gasteiger partial charge is 0.467 e. The van der Waals surface area contributed by atoms with E-state index in [9.17, 15) is 4.79 Å². The Bertz CT molecular complexity index is 1120. The molecule has 9 nitrogen and oxygen atoms in total. The zero-order valence-corrected chi connectivity index (χ0v) is 18.4. The molecule has 0 saturated carbocycles. The first-order chi connectivity index (χ1) is 14.9. The Morgan fingerprint density at radius 1 is 1.13 bits per heavy atom. The van der Waals surface area contributed by atoms with Gasteiger partial charge in [-0.1, -0.05) is 0 Å². The van der Waals surface area contributed by atoms with Crippen molar-refractivity contribution in [2.24, 2.45) is 0 Å². The van der Waals surface area contributed by atoms with E-state index >= 15 is 0 Å². The predicted octanol–water partition coefficient (Wildman–Crippen LogP) is 2.48. The Hall–Kier alpha value is -3.33. The molecule has 1 fully saturated rings. The lowest BCUT2D eigenvalue weighted by molar-refractivity contribution is 0.102. The number of methoxy groups -OCH3 is 1. The molecular weight excluding hydrogens is 394 g/mol. The summed E-state index contributed by atoms with van der Waals surface area (Å²) in [5.41, 5.74) is 3.27. The number of benzene rings is 1. The van der Waals surface area contributed by atoms with E-state index in [4.69, 9.17) is 4.74 Å². The fourth-order valence-corrected chi connectivity index (χ4v) is 4.07. The number of nitrogens with zero attached hydrogens (tertiary/aromatic N) is 5. The molecule has 1 aromatic carbocycles. The van der Waals surface area contributed by atoms with Crippen LogP contribution in [-0.2, 0) is 0 Å². The summed E-state index contributed by atoms with van der Waals surface area (Å²) in [6, 6.07) is 4.70. The van der Waals surface area contributed by atoms with Crippen LogP contribution in [0.15, 0.2) is 24.5 Å². The topological polar surface area (TPSA) is 105 Å². The van der Waals surface area contributed by atoms with E-state index in [2.05, 4.69) is 49.3 Å². The number of carbonyl (C=O) groups excluding carboxylic acids is 1. The average Bonchev–Trinajstić information content (AvgIpc) is 2.73. The molecule has 1 aliphatic rings. The van der Waals surface area contributed by atoms with Gasteiger partial charge in [0.1, 0.15) is 5.82 Å². The molecule has 4 rings (SSSR count). The summed E-state index contributed by atoms with van der Waals surface area (Å²) in [5, 5.41) is 7.26. The van der Waals surface area contributed by atoms with Crippen LogP contribution in [0.5, 0.6) is 6.01 Å². The summed E-state index contributed by atoms with van der Waals surface area (Å²) in [5.74, 6) is 0.372. The highest BCUT2D eigenvalue weighted by atomic mass is 16.5. The van der Waals surface area contributed by atoms with Crippen LogP contribution >= 0.6 is 0 Å². The van der Waals surface area contributed by atoms with Gasteiger partial charge in [-0.3, -0.25) is 4.79 Å². The number of fused-ring (bicyclic) bond motifs is 1. The fraction of sp³-hybridized carbons (Fsp3) is 0.409. The second-order valence-corrected chi connectivity index (χ2v) is 8.00. The van der Waals surface area contributed by atoms with Crippen LogP contribution in [0.2, 0.25) is 0 Å². The summed E-state index contributed by atoms with van der Waals surface area (Å²) in [4.78, 5) is 32.8. The Kier molecular flexibility index (Phi) is 5.69. The second kappa shape index (κ2) is 8.43. The van der Waals surface area contributed by atoms with E-state index in [0.29, 0.717) is 40.4 Å². The smallest absolute Gasteiger partial charge is 0.316 e. The number of piperazine rings is 1. The summed E-state index contributed by atoms with van der Waals surface area (Å²) in [7, 11) is 1.51. The maximum atomic E-state index is 13.2. The van der Waals surface area contributed by atoms with E-state index in [1.807, 2.05) is 19.9 Å². The number of hydrogen-bond acceptors (Lipinski definition) is 8. The number of anilines is 2. The number of rotatable bonds is 4. The second-order valence-electron chi connectivity index (χ2n) is 8.00. The minimum absolute atomic E-state index is 0.218. The van der Waals surface area contributed by atoms with Gasteiger partial charge in [-0.05, 0) is 39.8 Å². The highest BCUT2D eigenvalue weighted by Gasteiger charge is 2.24. The molecule has 0 spiro atoms. The quantitative estimate of drug-likeness (QED) is 0.662. The molecule has 2 atom stereocenters. The monoisotopic (exact) mass is 421 g/mol. The van der Waals surface area contributed by atoms with Gasteiger partial charge in [0.15, 0.2) is 0 Å². The molecule has 1 amide bonds. The molecule has 1 aliphatic heterocycles. The fourth-order valence-electron chi connectivity index (χ4n) is 4.07. The van der Waals surface area contributed by atoms with Crippen LogP contribution in [0.25, 0.3) is 10.9 Å². The first-order valence-electron chi connectivity index (χ1n) is 10.3. The molecular formula is C22H27N7O2. The number of aromatic nitrogens is 4. The molecule has 9 heteroatoms. The number of nitrogens with one attached hydrogen (secondary N) is 2. The predicted molar refractivity (Wildman–Crippen MR) is 120 cm³/mol. The van der Waals surface area contributed by atoms with Crippen molar-refractivity contribution in [2.45, 2.75) is 39.8 Å². The van der Waals surface area contributed by atoms with Crippen molar-refractivity contribution in [2.75, 3.05) is 30.4 Å². The van der Waals surface area contributed by atoms with Gasteiger partial charge >= 0.3 is 6.01 Å². The molecule has 0 aliphatic carbocycles. The van der Waals surface area contributed by atoms with Gasteiger partial charge in [0.2, 0.25) is 0 Å². The van der Waals surface area contributed by atoms with Crippen molar-refractivity contribution in [1.82, 2.24) is 25.3 Å². The lowest BCUT2D eigenvalue weighted by atomic mass is 10.0. The summed E-state index contributed by atoms with van der Waals surface area (Å²) < 4.78 is 5.23. The van der Waals surface area contributed by atoms with Crippen LogP contribution in [0.4, 0.5) is 11.4 Å². The van der Waals surface area contributed by atoms with Crippen LogP contribution in [-0.4, -0.2) is 58.1 Å². The minimum atomic E-state index is -0.282. The van der Waals surface area contributed by atoms with Gasteiger partial charge in [-0.15, -0.1) is 0 Å². The van der Waals surface area contributed by atoms with E-state index in [1.54, 1.807) is 18.5 Å². The first-order valence-corrected chi connectivity index (χ1v) is 10.3. The highest BCUT2D eigenvalue weighted by molar-refractivity contribution is 6.14. The summed E-state index contributed by atoms with van der Waals surface area (Å²) >= 11 is 0. The van der Waals surface area contributed by atoms with Crippen LogP contribution in [0, 0.1) is 13.8 Å². The third kappa shape index (κ3) is 4.27. The van der Waals surface area contributed by atoms with Gasteiger partial charge in [0, 0.05) is 42.4 Å². The zero-order valence-electron chi connectivity index (χ0n) is 18.4. The van der Waals surface area contributed by atoms with Crippen molar-refractivity contribution in [1.29, 1.82) is 0 Å². The van der Waals surface area contributed by atoms with E-state index in [1.165, 1.54) is 7.11 Å². The number of amides is 1.